The minimum absolute atomic E-state index is 0.00798. The van der Waals surface area contributed by atoms with Crippen molar-refractivity contribution in [3.63, 3.8) is 0 Å². The molecular weight excluding hydrogens is 406 g/mol. The molecule has 8 heteroatoms. The number of carbonyl (C=O) groups is 2. The van der Waals surface area contributed by atoms with Gasteiger partial charge in [0.1, 0.15) is 4.83 Å². The van der Waals surface area contributed by atoms with Crippen LogP contribution in [0.15, 0.2) is 52.3 Å². The van der Waals surface area contributed by atoms with Crippen LogP contribution in [0.2, 0.25) is 0 Å². The van der Waals surface area contributed by atoms with Gasteiger partial charge < -0.3 is 5.32 Å². The van der Waals surface area contributed by atoms with Gasteiger partial charge in [-0.05, 0) is 48.1 Å². The van der Waals surface area contributed by atoms with Crippen molar-refractivity contribution in [2.75, 3.05) is 11.1 Å². The van der Waals surface area contributed by atoms with Gasteiger partial charge in [-0.15, -0.1) is 17.9 Å². The van der Waals surface area contributed by atoms with E-state index in [4.69, 9.17) is 0 Å². The first-order valence-electron chi connectivity index (χ1n) is 9.24. The number of anilines is 1. The average Bonchev–Trinajstić information content (AvgIpc) is 3.10. The number of hydrogen-bond donors (Lipinski definition) is 1. The first-order valence-corrected chi connectivity index (χ1v) is 11.1. The van der Waals surface area contributed by atoms with E-state index in [-0.39, 0.29) is 23.0 Å². The Morgan fingerprint density at radius 3 is 3.00 bits per heavy atom. The summed E-state index contributed by atoms with van der Waals surface area (Å²) in [5, 5.41) is 5.81. The van der Waals surface area contributed by atoms with Gasteiger partial charge in [0.25, 0.3) is 5.56 Å². The predicted octanol–water partition coefficient (Wildman–Crippen LogP) is 3.89. The van der Waals surface area contributed by atoms with E-state index in [0.29, 0.717) is 33.9 Å². The van der Waals surface area contributed by atoms with Gasteiger partial charge in [0.05, 0.1) is 11.1 Å². The van der Waals surface area contributed by atoms with Gasteiger partial charge in [0.15, 0.2) is 10.9 Å². The fourth-order valence-electron chi connectivity index (χ4n) is 3.29. The van der Waals surface area contributed by atoms with Gasteiger partial charge in [-0.25, -0.2) is 4.98 Å². The van der Waals surface area contributed by atoms with Crippen LogP contribution in [0, 0.1) is 0 Å². The molecule has 3 heterocycles. The van der Waals surface area contributed by atoms with E-state index < -0.39 is 0 Å². The Hall–Kier alpha value is -2.71. The third kappa shape index (κ3) is 4.04. The number of aryl methyl sites for hydroxylation is 1. The van der Waals surface area contributed by atoms with E-state index in [1.165, 1.54) is 23.1 Å². The van der Waals surface area contributed by atoms with E-state index in [1.54, 1.807) is 28.8 Å². The van der Waals surface area contributed by atoms with E-state index in [2.05, 4.69) is 16.9 Å². The van der Waals surface area contributed by atoms with Crippen molar-refractivity contribution in [2.45, 2.75) is 31.0 Å². The molecule has 29 heavy (non-hydrogen) atoms. The fraction of sp³-hybridized carbons (Fsp3) is 0.238. The zero-order valence-electron chi connectivity index (χ0n) is 15.6. The quantitative estimate of drug-likeness (QED) is 0.280. The monoisotopic (exact) mass is 425 g/mol. The zero-order chi connectivity index (χ0) is 20.4. The molecular formula is C21H19N3O3S2. The van der Waals surface area contributed by atoms with Crippen molar-refractivity contribution in [2.24, 2.45) is 0 Å². The van der Waals surface area contributed by atoms with Crippen LogP contribution < -0.4 is 10.9 Å². The van der Waals surface area contributed by atoms with Crippen molar-refractivity contribution in [3.8, 4) is 0 Å². The summed E-state index contributed by atoms with van der Waals surface area (Å²) in [7, 11) is 0. The number of thioether (sulfide) groups is 1. The maximum absolute atomic E-state index is 12.8. The average molecular weight is 426 g/mol. The van der Waals surface area contributed by atoms with Crippen LogP contribution in [0.1, 0.15) is 28.8 Å². The number of Topliss-reactive ketones (excluding diaryl/α,β-unsaturated/α-hetero) is 1. The second-order valence-corrected chi connectivity index (χ2v) is 8.56. The summed E-state index contributed by atoms with van der Waals surface area (Å²) in [4.78, 5) is 42.4. The number of amides is 1. The third-order valence-electron chi connectivity index (χ3n) is 4.74. The van der Waals surface area contributed by atoms with Crippen LogP contribution in [-0.4, -0.2) is 27.0 Å². The molecule has 0 radical (unpaired) electrons. The molecule has 0 bridgehead atoms. The molecule has 1 aliphatic rings. The van der Waals surface area contributed by atoms with Crippen molar-refractivity contribution >= 4 is 50.7 Å². The first-order chi connectivity index (χ1) is 14.1. The van der Waals surface area contributed by atoms with Crippen LogP contribution in [-0.2, 0) is 17.8 Å². The van der Waals surface area contributed by atoms with Gasteiger partial charge in [-0.3, -0.25) is 19.0 Å². The minimum Gasteiger partial charge on any atom is -0.326 e. The van der Waals surface area contributed by atoms with Gasteiger partial charge in [-0.2, -0.15) is 0 Å². The van der Waals surface area contributed by atoms with Crippen LogP contribution in [0.25, 0.3) is 10.2 Å². The minimum atomic E-state index is -0.119. The second-order valence-electron chi connectivity index (χ2n) is 6.72. The maximum Gasteiger partial charge on any atom is 0.263 e. The van der Waals surface area contributed by atoms with E-state index in [9.17, 15) is 14.4 Å². The van der Waals surface area contributed by atoms with Gasteiger partial charge in [0.2, 0.25) is 5.91 Å². The summed E-state index contributed by atoms with van der Waals surface area (Å²) in [6.07, 6.45) is 3.67. The van der Waals surface area contributed by atoms with Gasteiger partial charge in [-0.1, -0.05) is 17.8 Å². The highest BCUT2D eigenvalue weighted by atomic mass is 32.2. The van der Waals surface area contributed by atoms with E-state index in [1.807, 2.05) is 11.4 Å². The molecule has 0 saturated heterocycles. The Labute approximate surface area is 175 Å². The molecule has 148 valence electrons. The number of ketones is 1. The molecule has 3 aromatic rings. The summed E-state index contributed by atoms with van der Waals surface area (Å²) >= 11 is 2.66. The Kier molecular flexibility index (Phi) is 5.64. The Bertz CT molecular complexity index is 1180. The number of fused-ring (bicyclic) bond motifs is 2. The van der Waals surface area contributed by atoms with E-state index in [0.717, 1.165) is 24.1 Å². The largest absolute Gasteiger partial charge is 0.326 e. The smallest absolute Gasteiger partial charge is 0.263 e. The van der Waals surface area contributed by atoms with Gasteiger partial charge in [0, 0.05) is 24.2 Å². The summed E-state index contributed by atoms with van der Waals surface area (Å²) in [5.41, 5.74) is 2.24. The molecule has 0 aliphatic carbocycles. The number of carbonyl (C=O) groups excluding carboxylic acids is 2. The number of aromatic nitrogens is 2. The van der Waals surface area contributed by atoms with Crippen LogP contribution in [0.4, 0.5) is 5.69 Å². The molecule has 0 spiro atoms. The zero-order valence-corrected chi connectivity index (χ0v) is 17.3. The topological polar surface area (TPSA) is 81.1 Å². The third-order valence-corrected chi connectivity index (χ3v) is 6.53. The number of benzene rings is 1. The molecule has 1 amide bonds. The highest BCUT2D eigenvalue weighted by molar-refractivity contribution is 7.99. The lowest BCUT2D eigenvalue weighted by atomic mass is 10.0. The highest BCUT2D eigenvalue weighted by Gasteiger charge is 2.17. The van der Waals surface area contributed by atoms with Crippen molar-refractivity contribution < 1.29 is 9.59 Å². The predicted molar refractivity (Wildman–Crippen MR) is 117 cm³/mol. The molecule has 2 aromatic heterocycles. The second kappa shape index (κ2) is 8.34. The number of rotatable bonds is 6. The van der Waals surface area contributed by atoms with Crippen molar-refractivity contribution in [1.82, 2.24) is 9.55 Å². The standard InChI is InChI=1S/C21H19N3O3S2/c1-2-9-24-20(27)15-8-10-28-19(15)23-21(24)29-12-17(25)14-6-7-16-13(11-14)4-3-5-18(26)22-16/h2,6-8,10-11H,1,3-5,9,12H2,(H,22,26). The molecule has 6 nitrogen and oxygen atoms in total. The molecule has 0 atom stereocenters. The number of hydrogen-bond acceptors (Lipinski definition) is 6. The van der Waals surface area contributed by atoms with Crippen LogP contribution in [0.5, 0.6) is 0 Å². The van der Waals surface area contributed by atoms with E-state index >= 15 is 0 Å². The van der Waals surface area contributed by atoms with Crippen LogP contribution >= 0.6 is 23.1 Å². The first kappa shape index (κ1) is 19.6. The SMILES string of the molecule is C=CCn1c(SCC(=O)c2ccc3c(c2)CCCC(=O)N3)nc2sccc2c1=O. The number of nitrogens with zero attached hydrogens (tertiary/aromatic N) is 2. The Balaban J connectivity index is 1.56. The Morgan fingerprint density at radius 1 is 1.31 bits per heavy atom. The maximum atomic E-state index is 12.8. The lowest BCUT2D eigenvalue weighted by molar-refractivity contribution is -0.116. The van der Waals surface area contributed by atoms with Gasteiger partial charge >= 0.3 is 0 Å². The van der Waals surface area contributed by atoms with Crippen molar-refractivity contribution in [1.29, 1.82) is 0 Å². The molecule has 4 rings (SSSR count). The molecule has 0 unspecified atom stereocenters. The fourth-order valence-corrected chi connectivity index (χ4v) is 5.00. The summed E-state index contributed by atoms with van der Waals surface area (Å²) < 4.78 is 1.55. The summed E-state index contributed by atoms with van der Waals surface area (Å²) in [5.74, 6) is 0.138. The molecule has 1 aliphatic heterocycles. The normalized spacial score (nSPS) is 13.6. The van der Waals surface area contributed by atoms with Crippen LogP contribution in [0.3, 0.4) is 0 Å². The number of thiophene rings is 1. The lowest BCUT2D eigenvalue weighted by Gasteiger charge is -2.11. The summed E-state index contributed by atoms with van der Waals surface area (Å²) in [6.45, 7) is 4.05. The Morgan fingerprint density at radius 2 is 2.17 bits per heavy atom. The molecule has 0 fully saturated rings. The molecule has 0 saturated carbocycles. The highest BCUT2D eigenvalue weighted by Crippen LogP contribution is 2.25. The number of allylic oxidation sites excluding steroid dienone is 1. The summed E-state index contributed by atoms with van der Waals surface area (Å²) in [6, 6.07) is 7.15. The molecule has 1 N–H and O–H groups in total. The van der Waals surface area contributed by atoms with Crippen molar-refractivity contribution in [3.05, 3.63) is 63.8 Å². The number of nitrogens with one attached hydrogen (secondary N) is 1. The lowest BCUT2D eigenvalue weighted by Crippen LogP contribution is -2.22. The molecule has 1 aromatic carbocycles.